The van der Waals surface area contributed by atoms with E-state index in [2.05, 4.69) is 10.0 Å². The predicted octanol–water partition coefficient (Wildman–Crippen LogP) is 1.91. The SMILES string of the molecule is CC(C)CNc1ccc(S(=O)(=O)NC[C@@H]2CCCO2)cc1C(=O)O. The molecule has 7 nitrogen and oxygen atoms in total. The number of nitrogens with one attached hydrogen (secondary N) is 2. The fraction of sp³-hybridized carbons (Fsp3) is 0.562. The molecule has 0 bridgehead atoms. The van der Waals surface area contributed by atoms with E-state index in [-0.39, 0.29) is 23.1 Å². The van der Waals surface area contributed by atoms with E-state index in [1.807, 2.05) is 13.8 Å². The van der Waals surface area contributed by atoms with Crippen molar-refractivity contribution >= 4 is 21.7 Å². The number of sulfonamides is 1. The van der Waals surface area contributed by atoms with Crippen molar-refractivity contribution in [1.29, 1.82) is 0 Å². The molecule has 24 heavy (non-hydrogen) atoms. The Balaban J connectivity index is 2.16. The highest BCUT2D eigenvalue weighted by Crippen LogP contribution is 2.21. The van der Waals surface area contributed by atoms with E-state index >= 15 is 0 Å². The van der Waals surface area contributed by atoms with Gasteiger partial charge < -0.3 is 15.2 Å². The number of hydrogen-bond donors (Lipinski definition) is 3. The number of anilines is 1. The quantitative estimate of drug-likeness (QED) is 0.657. The smallest absolute Gasteiger partial charge is 0.337 e. The Morgan fingerprint density at radius 1 is 1.42 bits per heavy atom. The van der Waals surface area contributed by atoms with Gasteiger partial charge in [0.1, 0.15) is 0 Å². The highest BCUT2D eigenvalue weighted by atomic mass is 32.2. The van der Waals surface area contributed by atoms with Gasteiger partial charge in [0.05, 0.1) is 16.6 Å². The van der Waals surface area contributed by atoms with Crippen molar-refractivity contribution in [3.63, 3.8) is 0 Å². The van der Waals surface area contributed by atoms with Gasteiger partial charge in [0.25, 0.3) is 0 Å². The van der Waals surface area contributed by atoms with Crippen LogP contribution >= 0.6 is 0 Å². The molecule has 0 radical (unpaired) electrons. The van der Waals surface area contributed by atoms with Crippen LogP contribution in [0.25, 0.3) is 0 Å². The van der Waals surface area contributed by atoms with E-state index in [0.717, 1.165) is 12.8 Å². The van der Waals surface area contributed by atoms with E-state index in [1.165, 1.54) is 18.2 Å². The molecule has 2 rings (SSSR count). The molecular weight excluding hydrogens is 332 g/mol. The molecule has 0 aliphatic carbocycles. The van der Waals surface area contributed by atoms with Crippen molar-refractivity contribution < 1.29 is 23.1 Å². The van der Waals surface area contributed by atoms with Gasteiger partial charge >= 0.3 is 5.97 Å². The minimum atomic E-state index is -3.77. The maximum atomic E-state index is 12.4. The van der Waals surface area contributed by atoms with Crippen LogP contribution in [0.3, 0.4) is 0 Å². The summed E-state index contributed by atoms with van der Waals surface area (Å²) in [5.41, 5.74) is 0.352. The third-order valence-electron chi connectivity index (χ3n) is 3.76. The molecule has 8 heteroatoms. The fourth-order valence-corrected chi connectivity index (χ4v) is 3.52. The number of carboxylic acid groups (broad SMARTS) is 1. The van der Waals surface area contributed by atoms with E-state index in [9.17, 15) is 18.3 Å². The second-order valence-corrected chi connectivity index (χ2v) is 8.04. The highest BCUT2D eigenvalue weighted by molar-refractivity contribution is 7.89. The molecule has 0 spiro atoms. The van der Waals surface area contributed by atoms with Crippen LogP contribution < -0.4 is 10.0 Å². The Morgan fingerprint density at radius 3 is 2.75 bits per heavy atom. The first-order valence-electron chi connectivity index (χ1n) is 8.02. The molecule has 0 saturated carbocycles. The number of carboxylic acids is 1. The molecule has 1 fully saturated rings. The highest BCUT2D eigenvalue weighted by Gasteiger charge is 2.22. The molecule has 0 aromatic heterocycles. The van der Waals surface area contributed by atoms with Crippen molar-refractivity contribution in [3.8, 4) is 0 Å². The summed E-state index contributed by atoms with van der Waals surface area (Å²) in [5.74, 6) is -0.833. The average molecular weight is 356 g/mol. The number of benzene rings is 1. The largest absolute Gasteiger partial charge is 0.478 e. The molecule has 0 amide bonds. The van der Waals surface area contributed by atoms with Crippen LogP contribution in [0.4, 0.5) is 5.69 Å². The maximum Gasteiger partial charge on any atom is 0.337 e. The second-order valence-electron chi connectivity index (χ2n) is 6.27. The van der Waals surface area contributed by atoms with Crippen LogP contribution in [-0.2, 0) is 14.8 Å². The molecule has 1 aromatic rings. The standard InChI is InChI=1S/C16H24N2O5S/c1-11(2)9-17-15-6-5-13(8-14(15)16(19)20)24(21,22)18-10-12-4-3-7-23-12/h5-6,8,11-12,17-18H,3-4,7,9-10H2,1-2H3,(H,19,20)/t12-/m0/s1. The summed E-state index contributed by atoms with van der Waals surface area (Å²) in [7, 11) is -3.77. The van der Waals surface area contributed by atoms with Crippen LogP contribution in [0, 0.1) is 5.92 Å². The Labute approximate surface area is 142 Å². The number of ether oxygens (including phenoxy) is 1. The molecular formula is C16H24N2O5S. The fourth-order valence-electron chi connectivity index (χ4n) is 2.43. The van der Waals surface area contributed by atoms with Gasteiger partial charge in [-0.25, -0.2) is 17.9 Å². The van der Waals surface area contributed by atoms with Gasteiger partial charge in [-0.05, 0) is 37.0 Å². The molecule has 1 aliphatic rings. The maximum absolute atomic E-state index is 12.4. The number of aromatic carboxylic acids is 1. The molecule has 0 unspecified atom stereocenters. The Morgan fingerprint density at radius 2 is 2.17 bits per heavy atom. The van der Waals surface area contributed by atoms with Crippen molar-refractivity contribution in [3.05, 3.63) is 23.8 Å². The summed E-state index contributed by atoms with van der Waals surface area (Å²) in [5, 5.41) is 12.4. The van der Waals surface area contributed by atoms with Gasteiger partial charge in [0.15, 0.2) is 0 Å². The first kappa shape index (κ1) is 18.7. The lowest BCUT2D eigenvalue weighted by Gasteiger charge is -2.14. The Bertz CT molecular complexity index is 682. The zero-order valence-electron chi connectivity index (χ0n) is 13.9. The minimum Gasteiger partial charge on any atom is -0.478 e. The first-order chi connectivity index (χ1) is 11.3. The van der Waals surface area contributed by atoms with Crippen molar-refractivity contribution in [1.82, 2.24) is 4.72 Å². The zero-order valence-corrected chi connectivity index (χ0v) is 14.7. The monoisotopic (exact) mass is 356 g/mol. The van der Waals surface area contributed by atoms with Crippen LogP contribution in [0.5, 0.6) is 0 Å². The van der Waals surface area contributed by atoms with E-state index in [1.54, 1.807) is 0 Å². The van der Waals surface area contributed by atoms with E-state index in [4.69, 9.17) is 4.74 Å². The Hall–Kier alpha value is -1.64. The van der Waals surface area contributed by atoms with Crippen molar-refractivity contribution in [2.24, 2.45) is 5.92 Å². The van der Waals surface area contributed by atoms with Gasteiger partial charge in [0, 0.05) is 25.4 Å². The average Bonchev–Trinajstić information content (AvgIpc) is 3.04. The normalized spacial score (nSPS) is 18.0. The minimum absolute atomic E-state index is 0.0596. The summed E-state index contributed by atoms with van der Waals surface area (Å²) in [6.45, 7) is 5.44. The van der Waals surface area contributed by atoms with Crippen LogP contribution in [0.1, 0.15) is 37.0 Å². The second kappa shape index (κ2) is 7.96. The third-order valence-corrected chi connectivity index (χ3v) is 5.18. The van der Waals surface area contributed by atoms with Gasteiger partial charge in [-0.1, -0.05) is 13.8 Å². The van der Waals surface area contributed by atoms with Crippen LogP contribution in [0.2, 0.25) is 0 Å². The van der Waals surface area contributed by atoms with Crippen LogP contribution in [0.15, 0.2) is 23.1 Å². The number of carbonyl (C=O) groups is 1. The van der Waals surface area contributed by atoms with Gasteiger partial charge in [-0.15, -0.1) is 0 Å². The van der Waals surface area contributed by atoms with E-state index in [0.29, 0.717) is 24.8 Å². The van der Waals surface area contributed by atoms with Crippen molar-refractivity contribution in [2.75, 3.05) is 25.0 Å². The summed E-state index contributed by atoms with van der Waals surface area (Å²) < 4.78 is 32.6. The summed E-state index contributed by atoms with van der Waals surface area (Å²) in [6, 6.07) is 4.09. The predicted molar refractivity (Wildman–Crippen MR) is 90.9 cm³/mol. The Kier molecular flexibility index (Phi) is 6.20. The van der Waals surface area contributed by atoms with Gasteiger partial charge in [0.2, 0.25) is 10.0 Å². The van der Waals surface area contributed by atoms with Gasteiger partial charge in [-0.3, -0.25) is 0 Å². The summed E-state index contributed by atoms with van der Waals surface area (Å²) in [6.07, 6.45) is 1.62. The zero-order chi connectivity index (χ0) is 17.7. The number of rotatable bonds is 8. The number of hydrogen-bond acceptors (Lipinski definition) is 5. The first-order valence-corrected chi connectivity index (χ1v) is 9.50. The van der Waals surface area contributed by atoms with E-state index < -0.39 is 16.0 Å². The van der Waals surface area contributed by atoms with Gasteiger partial charge in [-0.2, -0.15) is 0 Å². The molecule has 1 atom stereocenters. The summed E-state index contributed by atoms with van der Waals surface area (Å²) >= 11 is 0. The molecule has 1 aliphatic heterocycles. The summed E-state index contributed by atoms with van der Waals surface area (Å²) in [4.78, 5) is 11.4. The molecule has 3 N–H and O–H groups in total. The lowest BCUT2D eigenvalue weighted by Crippen LogP contribution is -2.32. The topological polar surface area (TPSA) is 105 Å². The molecule has 1 saturated heterocycles. The third kappa shape index (κ3) is 4.93. The van der Waals surface area contributed by atoms with Crippen molar-refractivity contribution in [2.45, 2.75) is 37.7 Å². The molecule has 1 aromatic carbocycles. The lowest BCUT2D eigenvalue weighted by molar-refractivity contribution is 0.0697. The molecule has 134 valence electrons. The van der Waals surface area contributed by atoms with Crippen LogP contribution in [-0.4, -0.2) is 45.3 Å². The lowest BCUT2D eigenvalue weighted by atomic mass is 10.1. The molecule has 1 heterocycles.